The second kappa shape index (κ2) is 10.8. The average Bonchev–Trinajstić information content (AvgIpc) is 2.89. The molecule has 1 aliphatic heterocycles. The van der Waals surface area contributed by atoms with E-state index >= 15 is 0 Å². The number of carbonyl (C=O) groups is 3. The van der Waals surface area contributed by atoms with Crippen molar-refractivity contribution in [3.8, 4) is 5.69 Å². The highest BCUT2D eigenvalue weighted by atomic mass is 16.6. The number of nitrogens with zero attached hydrogens (tertiary/aromatic N) is 3. The molecule has 1 aromatic heterocycles. The Kier molecular flexibility index (Phi) is 7.39. The molecule has 0 aliphatic carbocycles. The lowest BCUT2D eigenvalue weighted by Gasteiger charge is -2.31. The van der Waals surface area contributed by atoms with E-state index in [0.29, 0.717) is 49.0 Å². The van der Waals surface area contributed by atoms with Crippen molar-refractivity contribution in [2.75, 3.05) is 26.3 Å². The van der Waals surface area contributed by atoms with Crippen LogP contribution >= 0.6 is 0 Å². The number of hydrogen-bond acceptors (Lipinski definition) is 7. The first-order chi connectivity index (χ1) is 17.0. The summed E-state index contributed by atoms with van der Waals surface area (Å²) in [6.07, 6.45) is 0.794. The molecule has 182 valence electrons. The van der Waals surface area contributed by atoms with E-state index < -0.39 is 18.5 Å². The Morgan fingerprint density at radius 1 is 0.971 bits per heavy atom. The molecule has 35 heavy (non-hydrogen) atoms. The van der Waals surface area contributed by atoms with Crippen LogP contribution in [0.5, 0.6) is 0 Å². The van der Waals surface area contributed by atoms with Gasteiger partial charge in [-0.15, -0.1) is 0 Å². The molecular weight excluding hydrogens is 452 g/mol. The molecular formula is C25H26N4O6. The third-order valence-corrected chi connectivity index (χ3v) is 5.72. The number of esters is 1. The van der Waals surface area contributed by atoms with Gasteiger partial charge in [0.2, 0.25) is 0 Å². The minimum absolute atomic E-state index is 0.0559. The molecule has 0 bridgehead atoms. The maximum Gasteiger partial charge on any atom is 0.409 e. The van der Waals surface area contributed by atoms with Gasteiger partial charge in [0.05, 0.1) is 17.7 Å². The number of ether oxygens (including phenoxy) is 2. The Bertz CT molecular complexity index is 1280. The van der Waals surface area contributed by atoms with E-state index in [0.717, 1.165) is 4.68 Å². The molecule has 2 heterocycles. The fourth-order valence-electron chi connectivity index (χ4n) is 3.97. The van der Waals surface area contributed by atoms with Gasteiger partial charge in [0.25, 0.3) is 11.5 Å². The van der Waals surface area contributed by atoms with Gasteiger partial charge >= 0.3 is 12.1 Å². The van der Waals surface area contributed by atoms with E-state index in [2.05, 4.69) is 10.4 Å². The highest BCUT2D eigenvalue weighted by Crippen LogP contribution is 2.16. The zero-order valence-corrected chi connectivity index (χ0v) is 19.3. The summed E-state index contributed by atoms with van der Waals surface area (Å²) in [5, 5.41) is 7.75. The number of piperidine rings is 1. The molecule has 0 unspecified atom stereocenters. The molecule has 4 rings (SSSR count). The summed E-state index contributed by atoms with van der Waals surface area (Å²) in [6, 6.07) is 15.2. The summed E-state index contributed by atoms with van der Waals surface area (Å²) in [5.74, 6) is -1.26. The Morgan fingerprint density at radius 2 is 1.63 bits per heavy atom. The summed E-state index contributed by atoms with van der Waals surface area (Å²) in [6.45, 7) is 2.52. The largest absolute Gasteiger partial charge is 0.451 e. The molecule has 2 aromatic carbocycles. The number of benzene rings is 2. The van der Waals surface area contributed by atoms with Gasteiger partial charge in [0.15, 0.2) is 12.3 Å². The van der Waals surface area contributed by atoms with Gasteiger partial charge < -0.3 is 19.7 Å². The minimum atomic E-state index is -0.807. The molecule has 0 saturated carbocycles. The maximum absolute atomic E-state index is 12.9. The molecule has 0 spiro atoms. The number of para-hydroxylation sites is 1. The van der Waals surface area contributed by atoms with Gasteiger partial charge in [0.1, 0.15) is 0 Å². The van der Waals surface area contributed by atoms with E-state index in [1.165, 1.54) is 0 Å². The van der Waals surface area contributed by atoms with Crippen LogP contribution in [0.4, 0.5) is 4.79 Å². The Balaban J connectivity index is 1.42. The van der Waals surface area contributed by atoms with Crippen LogP contribution in [0, 0.1) is 0 Å². The van der Waals surface area contributed by atoms with E-state index in [1.54, 1.807) is 60.4 Å². The lowest BCUT2D eigenvalue weighted by molar-refractivity contribution is -0.125. The van der Waals surface area contributed by atoms with Crippen molar-refractivity contribution >= 4 is 28.7 Å². The molecule has 10 heteroatoms. The van der Waals surface area contributed by atoms with Crippen molar-refractivity contribution in [3.63, 3.8) is 0 Å². The molecule has 1 aliphatic rings. The molecule has 0 radical (unpaired) electrons. The van der Waals surface area contributed by atoms with Crippen LogP contribution < -0.4 is 10.9 Å². The van der Waals surface area contributed by atoms with E-state index in [9.17, 15) is 19.2 Å². The quantitative estimate of drug-likeness (QED) is 0.540. The molecule has 1 N–H and O–H groups in total. The van der Waals surface area contributed by atoms with Crippen molar-refractivity contribution in [2.45, 2.75) is 25.8 Å². The first-order valence-corrected chi connectivity index (χ1v) is 11.4. The third kappa shape index (κ3) is 5.48. The smallest absolute Gasteiger partial charge is 0.409 e. The normalized spacial score (nSPS) is 13.9. The van der Waals surface area contributed by atoms with Gasteiger partial charge in [-0.3, -0.25) is 9.59 Å². The zero-order chi connectivity index (χ0) is 24.8. The van der Waals surface area contributed by atoms with Gasteiger partial charge in [0, 0.05) is 24.5 Å². The monoisotopic (exact) mass is 478 g/mol. The summed E-state index contributed by atoms with van der Waals surface area (Å²) >= 11 is 0. The number of rotatable bonds is 6. The number of amides is 2. The average molecular weight is 479 g/mol. The Hall–Kier alpha value is -4.21. The zero-order valence-electron chi connectivity index (χ0n) is 19.3. The van der Waals surface area contributed by atoms with Crippen LogP contribution in [-0.2, 0) is 14.3 Å². The second-order valence-electron chi connectivity index (χ2n) is 8.05. The third-order valence-electron chi connectivity index (χ3n) is 5.72. The van der Waals surface area contributed by atoms with Crippen LogP contribution in [0.3, 0.4) is 0 Å². The van der Waals surface area contributed by atoms with Crippen molar-refractivity contribution < 1.29 is 23.9 Å². The number of aromatic nitrogens is 2. The number of hydrogen-bond donors (Lipinski definition) is 1. The molecule has 0 atom stereocenters. The number of nitrogens with one attached hydrogen (secondary N) is 1. The Labute approximate surface area is 201 Å². The molecule has 1 saturated heterocycles. The SMILES string of the molecule is CCOC(=O)N1CCC(NC(=O)COC(=O)c2nn(-c3ccccc3)c(=O)c3ccccc23)CC1. The van der Waals surface area contributed by atoms with Crippen LogP contribution in [-0.4, -0.2) is 65.0 Å². The summed E-state index contributed by atoms with van der Waals surface area (Å²) < 4.78 is 11.4. The molecule has 1 fully saturated rings. The van der Waals surface area contributed by atoms with Crippen molar-refractivity contribution in [2.24, 2.45) is 0 Å². The van der Waals surface area contributed by atoms with E-state index in [4.69, 9.17) is 9.47 Å². The lowest BCUT2D eigenvalue weighted by atomic mass is 10.1. The predicted octanol–water partition coefficient (Wildman–Crippen LogP) is 2.28. The van der Waals surface area contributed by atoms with Gasteiger partial charge in [-0.1, -0.05) is 36.4 Å². The van der Waals surface area contributed by atoms with Crippen molar-refractivity contribution in [3.05, 3.63) is 70.6 Å². The topological polar surface area (TPSA) is 120 Å². The fraction of sp³-hybridized carbons (Fsp3) is 0.320. The molecule has 2 amide bonds. The first kappa shape index (κ1) is 23.9. The molecule has 3 aromatic rings. The summed E-state index contributed by atoms with van der Waals surface area (Å²) in [4.78, 5) is 51.6. The van der Waals surface area contributed by atoms with Crippen LogP contribution in [0.2, 0.25) is 0 Å². The molecule has 10 nitrogen and oxygen atoms in total. The maximum atomic E-state index is 12.9. The number of fused-ring (bicyclic) bond motifs is 1. The Morgan fingerprint density at radius 3 is 2.31 bits per heavy atom. The minimum Gasteiger partial charge on any atom is -0.451 e. The lowest BCUT2D eigenvalue weighted by Crippen LogP contribution is -2.47. The van der Waals surface area contributed by atoms with Gasteiger partial charge in [-0.2, -0.15) is 9.78 Å². The van der Waals surface area contributed by atoms with Crippen LogP contribution in [0.15, 0.2) is 59.4 Å². The van der Waals surface area contributed by atoms with Crippen LogP contribution in [0.1, 0.15) is 30.3 Å². The summed E-state index contributed by atoms with van der Waals surface area (Å²) in [7, 11) is 0. The summed E-state index contributed by atoms with van der Waals surface area (Å²) in [5.41, 5.74) is 0.0825. The standard InChI is InChI=1S/C25H26N4O6/c1-2-34-25(33)28-14-12-17(13-15-28)26-21(30)16-35-24(32)22-19-10-6-7-11-20(19)23(31)29(27-22)18-8-4-3-5-9-18/h3-11,17H,2,12-16H2,1H3,(H,26,30). The van der Waals surface area contributed by atoms with E-state index in [1.807, 2.05) is 6.07 Å². The number of carbonyl (C=O) groups excluding carboxylic acids is 3. The fourth-order valence-corrected chi connectivity index (χ4v) is 3.97. The number of likely N-dealkylation sites (tertiary alicyclic amines) is 1. The van der Waals surface area contributed by atoms with Crippen molar-refractivity contribution in [1.82, 2.24) is 20.0 Å². The van der Waals surface area contributed by atoms with E-state index in [-0.39, 0.29) is 23.4 Å². The van der Waals surface area contributed by atoms with Gasteiger partial charge in [-0.25, -0.2) is 9.59 Å². The van der Waals surface area contributed by atoms with Gasteiger partial charge in [-0.05, 0) is 38.0 Å². The van der Waals surface area contributed by atoms with Crippen molar-refractivity contribution in [1.29, 1.82) is 0 Å². The highest BCUT2D eigenvalue weighted by Gasteiger charge is 2.25. The van der Waals surface area contributed by atoms with Crippen LogP contribution in [0.25, 0.3) is 16.5 Å². The first-order valence-electron chi connectivity index (χ1n) is 11.4. The second-order valence-corrected chi connectivity index (χ2v) is 8.05. The highest BCUT2D eigenvalue weighted by molar-refractivity contribution is 6.02. The predicted molar refractivity (Wildman–Crippen MR) is 127 cm³/mol.